The quantitative estimate of drug-likeness (QED) is 0.261. The molecule has 0 fully saturated rings. The number of nitrogens with one attached hydrogen (secondary N) is 1. The minimum atomic E-state index is -0.267. The molecule has 2 unspecified atom stereocenters. The summed E-state index contributed by atoms with van der Waals surface area (Å²) in [4.78, 5) is 13.7. The first-order chi connectivity index (χ1) is 7.96. The number of hydrogen-bond acceptors (Lipinski definition) is 4. The molecular formula is C11H24N4O2. The molecule has 0 radical (unpaired) electrons. The van der Waals surface area contributed by atoms with Gasteiger partial charge in [-0.05, 0) is 27.7 Å². The number of nitrogens with zero attached hydrogens (tertiary/aromatic N) is 2. The van der Waals surface area contributed by atoms with E-state index < -0.39 is 0 Å². The first-order valence-electron chi connectivity index (χ1n) is 5.97. The summed E-state index contributed by atoms with van der Waals surface area (Å²) in [6.07, 6.45) is 0.409. The number of likely N-dealkylation sites (N-methyl/N-ethyl adjacent to an activating group) is 1. The van der Waals surface area contributed by atoms with Gasteiger partial charge in [-0.2, -0.15) is 0 Å². The summed E-state index contributed by atoms with van der Waals surface area (Å²) in [6, 6.07) is -0.281. The second kappa shape index (κ2) is 7.89. The average Bonchev–Trinajstić information content (AvgIpc) is 2.29. The fourth-order valence-electron chi connectivity index (χ4n) is 1.72. The molecule has 0 aliphatic heterocycles. The second-order valence-electron chi connectivity index (χ2n) is 4.10. The van der Waals surface area contributed by atoms with Crippen LogP contribution in [0.3, 0.4) is 0 Å². The van der Waals surface area contributed by atoms with Crippen LogP contribution in [0, 0.1) is 0 Å². The lowest BCUT2D eigenvalue weighted by molar-refractivity contribution is -0.132. The minimum Gasteiger partial charge on any atom is -0.409 e. The zero-order chi connectivity index (χ0) is 13.4. The predicted octanol–water partition coefficient (Wildman–Crippen LogP) is 0.358. The summed E-state index contributed by atoms with van der Waals surface area (Å²) in [7, 11) is 0. The van der Waals surface area contributed by atoms with Gasteiger partial charge in [-0.15, -0.1) is 0 Å². The van der Waals surface area contributed by atoms with Gasteiger partial charge in [-0.1, -0.05) is 5.16 Å². The first-order valence-corrected chi connectivity index (χ1v) is 5.97. The van der Waals surface area contributed by atoms with Gasteiger partial charge in [-0.3, -0.25) is 4.79 Å². The number of amides is 1. The van der Waals surface area contributed by atoms with Crippen LogP contribution in [-0.4, -0.2) is 47.0 Å². The number of oxime groups is 1. The van der Waals surface area contributed by atoms with Crippen molar-refractivity contribution in [3.63, 3.8) is 0 Å². The van der Waals surface area contributed by atoms with Crippen molar-refractivity contribution in [2.45, 2.75) is 46.2 Å². The van der Waals surface area contributed by atoms with E-state index in [0.717, 1.165) is 0 Å². The Balaban J connectivity index is 4.24. The Morgan fingerprint density at radius 2 is 1.94 bits per heavy atom. The molecule has 0 aromatic rings. The third kappa shape index (κ3) is 5.53. The van der Waals surface area contributed by atoms with Gasteiger partial charge >= 0.3 is 0 Å². The van der Waals surface area contributed by atoms with Crippen molar-refractivity contribution in [3.05, 3.63) is 0 Å². The van der Waals surface area contributed by atoms with Gasteiger partial charge in [0.2, 0.25) is 5.91 Å². The molecule has 2 atom stereocenters. The summed E-state index contributed by atoms with van der Waals surface area (Å²) in [5, 5.41) is 14.5. The molecule has 100 valence electrons. The van der Waals surface area contributed by atoms with Crippen LogP contribution in [0.15, 0.2) is 5.16 Å². The Morgan fingerprint density at radius 3 is 2.35 bits per heavy atom. The zero-order valence-corrected chi connectivity index (χ0v) is 11.1. The standard InChI is InChI=1S/C11H24N4O2/c1-5-15(6-2)11(16)9(4)13-8(3)7-10(12)14-17/h8-9,13,17H,5-7H2,1-4H3,(H2,12,14). The van der Waals surface area contributed by atoms with Gasteiger partial charge < -0.3 is 21.2 Å². The zero-order valence-electron chi connectivity index (χ0n) is 11.1. The molecule has 0 heterocycles. The van der Waals surface area contributed by atoms with Crippen molar-refractivity contribution in [1.29, 1.82) is 0 Å². The van der Waals surface area contributed by atoms with Gasteiger partial charge in [0.1, 0.15) is 5.84 Å². The number of carbonyl (C=O) groups excluding carboxylic acids is 1. The summed E-state index contributed by atoms with van der Waals surface area (Å²) in [5.41, 5.74) is 5.40. The summed E-state index contributed by atoms with van der Waals surface area (Å²) >= 11 is 0. The van der Waals surface area contributed by atoms with E-state index in [-0.39, 0.29) is 23.8 Å². The Morgan fingerprint density at radius 1 is 1.41 bits per heavy atom. The van der Waals surface area contributed by atoms with E-state index >= 15 is 0 Å². The lowest BCUT2D eigenvalue weighted by atomic mass is 10.2. The summed E-state index contributed by atoms with van der Waals surface area (Å²) in [5.74, 6) is 0.230. The molecule has 1 amide bonds. The molecule has 6 heteroatoms. The molecule has 0 saturated carbocycles. The van der Waals surface area contributed by atoms with E-state index in [1.54, 1.807) is 4.90 Å². The highest BCUT2D eigenvalue weighted by Gasteiger charge is 2.19. The topological polar surface area (TPSA) is 91.0 Å². The molecule has 17 heavy (non-hydrogen) atoms. The molecule has 6 nitrogen and oxygen atoms in total. The Bertz CT molecular complexity index is 264. The van der Waals surface area contributed by atoms with Crippen molar-refractivity contribution in [3.8, 4) is 0 Å². The number of rotatable bonds is 7. The summed E-state index contributed by atoms with van der Waals surface area (Å²) < 4.78 is 0. The molecular weight excluding hydrogens is 220 g/mol. The Labute approximate surface area is 103 Å². The van der Waals surface area contributed by atoms with Crippen LogP contribution in [0.25, 0.3) is 0 Å². The van der Waals surface area contributed by atoms with Gasteiger partial charge in [0.05, 0.1) is 6.04 Å². The maximum atomic E-state index is 11.9. The third-order valence-corrected chi connectivity index (χ3v) is 2.62. The van der Waals surface area contributed by atoms with E-state index in [1.807, 2.05) is 27.7 Å². The van der Waals surface area contributed by atoms with Crippen LogP contribution in [-0.2, 0) is 4.79 Å². The van der Waals surface area contributed by atoms with Gasteiger partial charge in [0, 0.05) is 25.6 Å². The van der Waals surface area contributed by atoms with E-state index in [2.05, 4.69) is 10.5 Å². The highest BCUT2D eigenvalue weighted by molar-refractivity contribution is 5.82. The lowest BCUT2D eigenvalue weighted by Crippen LogP contribution is -2.48. The minimum absolute atomic E-state index is 0.0135. The van der Waals surface area contributed by atoms with Crippen molar-refractivity contribution >= 4 is 11.7 Å². The highest BCUT2D eigenvalue weighted by Crippen LogP contribution is 1.98. The molecule has 0 saturated heterocycles. The molecule has 0 bridgehead atoms. The normalized spacial score (nSPS) is 15.4. The molecule has 0 rings (SSSR count). The number of hydrogen-bond donors (Lipinski definition) is 3. The van der Waals surface area contributed by atoms with E-state index in [1.165, 1.54) is 0 Å². The van der Waals surface area contributed by atoms with E-state index in [4.69, 9.17) is 10.9 Å². The first kappa shape index (κ1) is 15.7. The number of nitrogens with two attached hydrogens (primary N) is 1. The number of amidine groups is 1. The van der Waals surface area contributed by atoms with Gasteiger partial charge in [0.15, 0.2) is 0 Å². The lowest BCUT2D eigenvalue weighted by Gasteiger charge is -2.25. The van der Waals surface area contributed by atoms with Crippen LogP contribution in [0.1, 0.15) is 34.1 Å². The van der Waals surface area contributed by atoms with Crippen LogP contribution in [0.5, 0.6) is 0 Å². The maximum Gasteiger partial charge on any atom is 0.239 e. The highest BCUT2D eigenvalue weighted by atomic mass is 16.4. The average molecular weight is 244 g/mol. The fraction of sp³-hybridized carbons (Fsp3) is 0.818. The van der Waals surface area contributed by atoms with Crippen LogP contribution in [0.2, 0.25) is 0 Å². The van der Waals surface area contributed by atoms with Crippen LogP contribution >= 0.6 is 0 Å². The maximum absolute atomic E-state index is 11.9. The molecule has 0 aromatic heterocycles. The van der Waals surface area contributed by atoms with Crippen molar-refractivity contribution < 1.29 is 10.0 Å². The molecule has 0 spiro atoms. The largest absolute Gasteiger partial charge is 0.409 e. The van der Waals surface area contributed by atoms with Crippen molar-refractivity contribution in [1.82, 2.24) is 10.2 Å². The predicted molar refractivity (Wildman–Crippen MR) is 68.0 cm³/mol. The van der Waals surface area contributed by atoms with E-state index in [9.17, 15) is 4.79 Å². The molecule has 0 aromatic carbocycles. The smallest absolute Gasteiger partial charge is 0.239 e. The SMILES string of the molecule is CCN(CC)C(=O)C(C)NC(C)CC(N)=NO. The van der Waals surface area contributed by atoms with Crippen molar-refractivity contribution in [2.75, 3.05) is 13.1 Å². The summed E-state index contributed by atoms with van der Waals surface area (Å²) in [6.45, 7) is 9.03. The number of carbonyl (C=O) groups is 1. The van der Waals surface area contributed by atoms with Gasteiger partial charge in [0.25, 0.3) is 0 Å². The van der Waals surface area contributed by atoms with E-state index in [0.29, 0.717) is 19.5 Å². The third-order valence-electron chi connectivity index (χ3n) is 2.62. The Hall–Kier alpha value is -1.30. The molecule has 4 N–H and O–H groups in total. The van der Waals surface area contributed by atoms with Gasteiger partial charge in [-0.25, -0.2) is 0 Å². The molecule has 0 aliphatic carbocycles. The second-order valence-corrected chi connectivity index (χ2v) is 4.10. The van der Waals surface area contributed by atoms with Crippen LogP contribution < -0.4 is 11.1 Å². The monoisotopic (exact) mass is 244 g/mol. The molecule has 0 aliphatic rings. The fourth-order valence-corrected chi connectivity index (χ4v) is 1.72. The van der Waals surface area contributed by atoms with Crippen molar-refractivity contribution in [2.24, 2.45) is 10.9 Å². The van der Waals surface area contributed by atoms with Crippen LogP contribution in [0.4, 0.5) is 0 Å². The Kier molecular flexibility index (Phi) is 7.29.